The minimum Gasteiger partial charge on any atom is -0.497 e. The number of amides is 1. The molecule has 0 radical (unpaired) electrons. The maximum Gasteiger partial charge on any atom is 0.273 e. The molecule has 0 aliphatic carbocycles. The third-order valence-corrected chi connectivity index (χ3v) is 5.37. The molecule has 1 aliphatic rings. The van der Waals surface area contributed by atoms with Crippen molar-refractivity contribution in [1.29, 1.82) is 0 Å². The fraction of sp³-hybridized carbons (Fsp3) is 0.250. The van der Waals surface area contributed by atoms with Gasteiger partial charge in [-0.05, 0) is 36.4 Å². The van der Waals surface area contributed by atoms with Crippen LogP contribution in [0.2, 0.25) is 0 Å². The van der Waals surface area contributed by atoms with Crippen molar-refractivity contribution >= 4 is 17.7 Å². The molecule has 1 aromatic heterocycles. The normalized spacial score (nSPS) is 13.0. The number of methoxy groups -OCH3 is 2. The Labute approximate surface area is 176 Å². The lowest BCUT2D eigenvalue weighted by molar-refractivity contribution is 0.0952. The first kappa shape index (κ1) is 20.0. The summed E-state index contributed by atoms with van der Waals surface area (Å²) in [4.78, 5) is 13.3. The molecular weight excluding hydrogens is 411 g/mol. The van der Waals surface area contributed by atoms with E-state index in [9.17, 15) is 9.18 Å². The van der Waals surface area contributed by atoms with E-state index in [1.54, 1.807) is 27.9 Å². The van der Waals surface area contributed by atoms with Gasteiger partial charge in [-0.2, -0.15) is 0 Å². The number of carbonyl (C=O) groups excluding carboxylic acids is 1. The number of fused-ring (bicyclic) bond motifs is 1. The fourth-order valence-corrected chi connectivity index (χ4v) is 3.86. The molecule has 1 aliphatic heterocycles. The Bertz CT molecular complexity index is 1040. The van der Waals surface area contributed by atoms with Crippen molar-refractivity contribution in [2.45, 2.75) is 11.8 Å². The van der Waals surface area contributed by atoms with Crippen LogP contribution in [0.5, 0.6) is 17.2 Å². The number of carbonyl (C=O) groups is 1. The van der Waals surface area contributed by atoms with E-state index in [2.05, 4.69) is 10.2 Å². The molecule has 10 heteroatoms. The van der Waals surface area contributed by atoms with Crippen molar-refractivity contribution in [2.75, 3.05) is 31.5 Å². The van der Waals surface area contributed by atoms with Crippen LogP contribution in [-0.2, 0) is 6.61 Å². The van der Waals surface area contributed by atoms with E-state index in [-0.39, 0.29) is 18.3 Å². The standard InChI is InChI=1S/C20H19FN4O4S/c1-27-16-9-13(10-17(11-16)28-2)19(26)24-7-8-30-20-23-22-18(25(20)24)12-29-15-5-3-14(21)4-6-15/h3-6,9-11H,7-8,12H2,1-2H3. The summed E-state index contributed by atoms with van der Waals surface area (Å²) in [5.41, 5.74) is 0.420. The molecule has 0 N–H and O–H groups in total. The van der Waals surface area contributed by atoms with Gasteiger partial charge in [0.05, 0.1) is 20.8 Å². The van der Waals surface area contributed by atoms with Crippen LogP contribution in [0.15, 0.2) is 47.6 Å². The first-order valence-corrected chi connectivity index (χ1v) is 10.1. The van der Waals surface area contributed by atoms with Gasteiger partial charge in [-0.15, -0.1) is 10.2 Å². The fourth-order valence-electron chi connectivity index (χ4n) is 2.99. The van der Waals surface area contributed by atoms with Gasteiger partial charge in [-0.1, -0.05) is 11.8 Å². The van der Waals surface area contributed by atoms with Gasteiger partial charge in [-0.3, -0.25) is 4.79 Å². The molecule has 3 aromatic rings. The summed E-state index contributed by atoms with van der Waals surface area (Å²) in [6.45, 7) is 0.544. The minimum absolute atomic E-state index is 0.0738. The third kappa shape index (κ3) is 4.04. The molecule has 2 heterocycles. The lowest BCUT2D eigenvalue weighted by Gasteiger charge is -2.29. The summed E-state index contributed by atoms with van der Waals surface area (Å²) in [7, 11) is 3.06. The van der Waals surface area contributed by atoms with Crippen LogP contribution >= 0.6 is 11.8 Å². The van der Waals surface area contributed by atoms with Crippen molar-refractivity contribution in [3.8, 4) is 17.2 Å². The van der Waals surface area contributed by atoms with Crippen LogP contribution in [-0.4, -0.2) is 47.3 Å². The Hall–Kier alpha value is -3.27. The van der Waals surface area contributed by atoms with E-state index in [0.717, 1.165) is 0 Å². The van der Waals surface area contributed by atoms with Gasteiger partial charge in [0.15, 0.2) is 5.82 Å². The van der Waals surface area contributed by atoms with Gasteiger partial charge in [0.2, 0.25) is 5.16 Å². The zero-order valence-corrected chi connectivity index (χ0v) is 17.2. The highest BCUT2D eigenvalue weighted by molar-refractivity contribution is 7.99. The third-order valence-electron chi connectivity index (χ3n) is 4.47. The molecule has 1 amide bonds. The van der Waals surface area contributed by atoms with Gasteiger partial charge in [0, 0.05) is 17.4 Å². The van der Waals surface area contributed by atoms with Crippen molar-refractivity contribution in [1.82, 2.24) is 14.9 Å². The molecule has 4 rings (SSSR count). The highest BCUT2D eigenvalue weighted by Crippen LogP contribution is 2.27. The van der Waals surface area contributed by atoms with Crippen LogP contribution in [0.4, 0.5) is 4.39 Å². The predicted molar refractivity (Wildman–Crippen MR) is 108 cm³/mol. The van der Waals surface area contributed by atoms with Crippen molar-refractivity contribution in [3.05, 3.63) is 59.7 Å². The quantitative estimate of drug-likeness (QED) is 0.595. The van der Waals surface area contributed by atoms with E-state index in [1.165, 1.54) is 50.2 Å². The molecule has 0 fully saturated rings. The second-order valence-electron chi connectivity index (χ2n) is 6.33. The van der Waals surface area contributed by atoms with Crippen molar-refractivity contribution in [3.63, 3.8) is 0 Å². The van der Waals surface area contributed by atoms with Crippen molar-refractivity contribution < 1.29 is 23.4 Å². The molecule has 0 spiro atoms. The van der Waals surface area contributed by atoms with E-state index in [4.69, 9.17) is 14.2 Å². The molecule has 30 heavy (non-hydrogen) atoms. The average molecular weight is 430 g/mol. The summed E-state index contributed by atoms with van der Waals surface area (Å²) in [6, 6.07) is 10.7. The molecular formula is C20H19FN4O4S. The lowest BCUT2D eigenvalue weighted by Crippen LogP contribution is -2.45. The van der Waals surface area contributed by atoms with Crippen LogP contribution in [0.1, 0.15) is 16.2 Å². The van der Waals surface area contributed by atoms with Gasteiger partial charge in [0.1, 0.15) is 29.7 Å². The smallest absolute Gasteiger partial charge is 0.273 e. The first-order chi connectivity index (χ1) is 14.6. The average Bonchev–Trinajstić information content (AvgIpc) is 3.21. The molecule has 2 aromatic carbocycles. The minimum atomic E-state index is -0.343. The maximum atomic E-state index is 13.3. The van der Waals surface area contributed by atoms with E-state index < -0.39 is 0 Å². The number of ether oxygens (including phenoxy) is 3. The van der Waals surface area contributed by atoms with Gasteiger partial charge >= 0.3 is 0 Å². The van der Waals surface area contributed by atoms with Crippen LogP contribution in [0, 0.1) is 5.82 Å². The molecule has 0 bridgehead atoms. The van der Waals surface area contributed by atoms with Gasteiger partial charge in [0.25, 0.3) is 5.91 Å². The highest BCUT2D eigenvalue weighted by atomic mass is 32.2. The second-order valence-corrected chi connectivity index (χ2v) is 7.39. The molecule has 0 unspecified atom stereocenters. The summed E-state index contributed by atoms with van der Waals surface area (Å²) >= 11 is 1.51. The SMILES string of the molecule is COc1cc(OC)cc(C(=O)N2CCSc3nnc(COc4ccc(F)cc4)n32)c1. The summed E-state index contributed by atoms with van der Waals surface area (Å²) in [6.07, 6.45) is 0. The Kier molecular flexibility index (Phi) is 5.75. The molecule has 8 nitrogen and oxygen atoms in total. The number of halogens is 1. The zero-order valence-electron chi connectivity index (χ0n) is 16.4. The van der Waals surface area contributed by atoms with E-state index in [1.807, 2.05) is 0 Å². The Morgan fingerprint density at radius 2 is 1.77 bits per heavy atom. The van der Waals surface area contributed by atoms with E-state index in [0.29, 0.717) is 46.1 Å². The molecule has 0 saturated carbocycles. The number of hydrogen-bond acceptors (Lipinski definition) is 7. The van der Waals surface area contributed by atoms with Gasteiger partial charge < -0.3 is 14.2 Å². The Morgan fingerprint density at radius 3 is 2.43 bits per heavy atom. The first-order valence-electron chi connectivity index (χ1n) is 9.09. The molecule has 0 saturated heterocycles. The Morgan fingerprint density at radius 1 is 1.07 bits per heavy atom. The number of benzene rings is 2. The summed E-state index contributed by atoms with van der Waals surface area (Å²) < 4.78 is 31.0. The zero-order chi connectivity index (χ0) is 21.1. The number of aromatic nitrogens is 3. The maximum absolute atomic E-state index is 13.3. The lowest BCUT2D eigenvalue weighted by atomic mass is 10.2. The van der Waals surface area contributed by atoms with Gasteiger partial charge in [-0.25, -0.2) is 14.1 Å². The highest BCUT2D eigenvalue weighted by Gasteiger charge is 2.29. The van der Waals surface area contributed by atoms with Crippen LogP contribution in [0.3, 0.4) is 0 Å². The number of rotatable bonds is 6. The number of hydrogen-bond donors (Lipinski definition) is 0. The van der Waals surface area contributed by atoms with Crippen LogP contribution < -0.4 is 19.2 Å². The predicted octanol–water partition coefficient (Wildman–Crippen LogP) is 2.90. The number of nitrogens with zero attached hydrogens (tertiary/aromatic N) is 4. The molecule has 156 valence electrons. The second kappa shape index (κ2) is 8.62. The largest absolute Gasteiger partial charge is 0.497 e. The summed E-state index contributed by atoms with van der Waals surface area (Å²) in [5.74, 6) is 2.10. The Balaban J connectivity index is 1.61. The topological polar surface area (TPSA) is 78.7 Å². The summed E-state index contributed by atoms with van der Waals surface area (Å²) in [5, 5.41) is 10.5. The van der Waals surface area contributed by atoms with E-state index >= 15 is 0 Å². The van der Waals surface area contributed by atoms with Crippen molar-refractivity contribution in [2.24, 2.45) is 0 Å². The monoisotopic (exact) mass is 430 g/mol. The number of thioether (sulfide) groups is 1. The molecule has 0 atom stereocenters. The van der Waals surface area contributed by atoms with Crippen LogP contribution in [0.25, 0.3) is 0 Å².